The van der Waals surface area contributed by atoms with Crippen molar-refractivity contribution in [3.8, 4) is 0 Å². The van der Waals surface area contributed by atoms with E-state index in [1.165, 1.54) is 12.8 Å². The normalized spacial score (nSPS) is 31.7. The Kier molecular flexibility index (Phi) is 4.74. The Hall–Kier alpha value is 0.270. The second-order valence-electron chi connectivity index (χ2n) is 5.06. The number of aliphatic hydroxyl groups is 1. The summed E-state index contributed by atoms with van der Waals surface area (Å²) in [6, 6.07) is 0.367. The Morgan fingerprint density at radius 2 is 2.21 bits per heavy atom. The zero-order chi connectivity index (χ0) is 10.6. The Labute approximate surface area is 91.6 Å². The van der Waals surface area contributed by atoms with Crippen molar-refractivity contribution in [2.45, 2.75) is 50.8 Å². The van der Waals surface area contributed by atoms with Crippen molar-refractivity contribution in [1.82, 2.24) is 0 Å². The van der Waals surface area contributed by atoms with Gasteiger partial charge in [-0.05, 0) is 36.9 Å². The highest BCUT2D eigenvalue weighted by atomic mass is 32.2. The van der Waals surface area contributed by atoms with E-state index in [4.69, 9.17) is 10.8 Å². The van der Waals surface area contributed by atoms with E-state index < -0.39 is 0 Å². The molecular weight excluding hydrogens is 194 g/mol. The monoisotopic (exact) mass is 217 g/mol. The van der Waals surface area contributed by atoms with E-state index >= 15 is 0 Å². The van der Waals surface area contributed by atoms with Gasteiger partial charge in [0.15, 0.2) is 0 Å². The van der Waals surface area contributed by atoms with Gasteiger partial charge in [-0.25, -0.2) is 0 Å². The molecule has 3 N–H and O–H groups in total. The minimum Gasteiger partial charge on any atom is -0.396 e. The van der Waals surface area contributed by atoms with Gasteiger partial charge in [-0.1, -0.05) is 13.8 Å². The third-order valence-corrected chi connectivity index (χ3v) is 4.49. The lowest BCUT2D eigenvalue weighted by Gasteiger charge is -2.38. The molecule has 0 aromatic rings. The van der Waals surface area contributed by atoms with Gasteiger partial charge in [-0.2, -0.15) is 11.8 Å². The van der Waals surface area contributed by atoms with Crippen LogP contribution in [0.25, 0.3) is 0 Å². The molecule has 0 heterocycles. The van der Waals surface area contributed by atoms with E-state index in [9.17, 15) is 0 Å². The SMILES string of the molecule is CC1(C)CCC(N)C(SCCCO)C1. The summed E-state index contributed by atoms with van der Waals surface area (Å²) in [6.45, 7) is 4.97. The molecule has 1 rings (SSSR count). The lowest BCUT2D eigenvalue weighted by Crippen LogP contribution is -2.41. The summed E-state index contributed by atoms with van der Waals surface area (Å²) in [6.07, 6.45) is 4.54. The molecular formula is C11H23NOS. The molecule has 0 saturated heterocycles. The third-order valence-electron chi connectivity index (χ3n) is 3.02. The molecule has 0 aliphatic heterocycles. The van der Waals surface area contributed by atoms with Gasteiger partial charge < -0.3 is 10.8 Å². The summed E-state index contributed by atoms with van der Waals surface area (Å²) < 4.78 is 0. The minimum atomic E-state index is 0.304. The van der Waals surface area contributed by atoms with Crippen LogP contribution in [0, 0.1) is 5.41 Å². The van der Waals surface area contributed by atoms with Crippen LogP contribution in [0.1, 0.15) is 39.5 Å². The number of rotatable bonds is 4. The predicted octanol–water partition coefficient (Wildman–Crippen LogP) is 2.01. The molecule has 1 aliphatic carbocycles. The van der Waals surface area contributed by atoms with Crippen molar-refractivity contribution < 1.29 is 5.11 Å². The minimum absolute atomic E-state index is 0.304. The first kappa shape index (κ1) is 12.3. The molecule has 2 nitrogen and oxygen atoms in total. The second kappa shape index (κ2) is 5.38. The molecule has 84 valence electrons. The molecule has 3 heteroatoms. The van der Waals surface area contributed by atoms with E-state index in [1.807, 2.05) is 11.8 Å². The standard InChI is InChI=1S/C11H23NOS/c1-11(2)5-4-9(12)10(8-11)14-7-3-6-13/h9-10,13H,3-8,12H2,1-2H3. The highest BCUT2D eigenvalue weighted by Gasteiger charge is 2.32. The summed E-state index contributed by atoms with van der Waals surface area (Å²) in [5, 5.41) is 9.32. The lowest BCUT2D eigenvalue weighted by molar-refractivity contribution is 0.232. The quantitative estimate of drug-likeness (QED) is 0.708. The molecule has 0 amide bonds. The predicted molar refractivity (Wildman–Crippen MR) is 63.6 cm³/mol. The van der Waals surface area contributed by atoms with Gasteiger partial charge in [0.25, 0.3) is 0 Å². The Morgan fingerprint density at radius 3 is 2.86 bits per heavy atom. The van der Waals surface area contributed by atoms with Gasteiger partial charge in [0, 0.05) is 17.9 Å². The van der Waals surface area contributed by atoms with Gasteiger partial charge in [-0.3, -0.25) is 0 Å². The Morgan fingerprint density at radius 1 is 1.50 bits per heavy atom. The summed E-state index contributed by atoms with van der Waals surface area (Å²) in [5.41, 5.74) is 6.56. The van der Waals surface area contributed by atoms with Crippen molar-refractivity contribution in [2.75, 3.05) is 12.4 Å². The second-order valence-corrected chi connectivity index (χ2v) is 6.40. The fourth-order valence-electron chi connectivity index (χ4n) is 2.02. The van der Waals surface area contributed by atoms with Crippen molar-refractivity contribution in [1.29, 1.82) is 0 Å². The maximum Gasteiger partial charge on any atom is 0.0438 e. The van der Waals surface area contributed by atoms with Crippen LogP contribution in [0.5, 0.6) is 0 Å². The maximum absolute atomic E-state index is 8.72. The largest absolute Gasteiger partial charge is 0.396 e. The van der Waals surface area contributed by atoms with Crippen LogP contribution in [-0.4, -0.2) is 28.8 Å². The summed E-state index contributed by atoms with van der Waals surface area (Å²) in [4.78, 5) is 0. The average Bonchev–Trinajstić information content (AvgIpc) is 2.11. The van der Waals surface area contributed by atoms with Crippen LogP contribution in [0.2, 0.25) is 0 Å². The van der Waals surface area contributed by atoms with Crippen molar-refractivity contribution in [3.63, 3.8) is 0 Å². The van der Waals surface area contributed by atoms with Gasteiger partial charge >= 0.3 is 0 Å². The van der Waals surface area contributed by atoms with E-state index in [0.29, 0.717) is 23.3 Å². The zero-order valence-electron chi connectivity index (χ0n) is 9.33. The fraction of sp³-hybridized carbons (Fsp3) is 1.00. The maximum atomic E-state index is 8.72. The van der Waals surface area contributed by atoms with Gasteiger partial charge in [0.1, 0.15) is 0 Å². The van der Waals surface area contributed by atoms with Crippen molar-refractivity contribution in [2.24, 2.45) is 11.1 Å². The van der Waals surface area contributed by atoms with E-state index in [-0.39, 0.29) is 0 Å². The van der Waals surface area contributed by atoms with Crippen LogP contribution >= 0.6 is 11.8 Å². The first-order chi connectivity index (χ1) is 6.55. The van der Waals surface area contributed by atoms with E-state index in [2.05, 4.69) is 13.8 Å². The highest BCUT2D eigenvalue weighted by Crippen LogP contribution is 2.39. The number of thioether (sulfide) groups is 1. The van der Waals surface area contributed by atoms with Crippen LogP contribution in [0.4, 0.5) is 0 Å². The topological polar surface area (TPSA) is 46.2 Å². The molecule has 0 bridgehead atoms. The molecule has 0 aromatic carbocycles. The Balaban J connectivity index is 2.33. The van der Waals surface area contributed by atoms with Crippen LogP contribution < -0.4 is 5.73 Å². The summed E-state index contributed by atoms with van der Waals surface area (Å²) in [7, 11) is 0. The first-order valence-corrected chi connectivity index (χ1v) is 6.58. The average molecular weight is 217 g/mol. The number of hydrogen-bond donors (Lipinski definition) is 2. The van der Waals surface area contributed by atoms with Crippen LogP contribution in [-0.2, 0) is 0 Å². The Bertz CT molecular complexity index is 173. The molecule has 1 fully saturated rings. The van der Waals surface area contributed by atoms with Crippen molar-refractivity contribution in [3.05, 3.63) is 0 Å². The van der Waals surface area contributed by atoms with E-state index in [0.717, 1.165) is 18.6 Å². The molecule has 0 aromatic heterocycles. The smallest absolute Gasteiger partial charge is 0.0438 e. The molecule has 1 saturated carbocycles. The molecule has 2 atom stereocenters. The van der Waals surface area contributed by atoms with Crippen LogP contribution in [0.3, 0.4) is 0 Å². The highest BCUT2D eigenvalue weighted by molar-refractivity contribution is 7.99. The molecule has 0 spiro atoms. The third kappa shape index (κ3) is 3.79. The van der Waals surface area contributed by atoms with Crippen molar-refractivity contribution >= 4 is 11.8 Å². The first-order valence-electron chi connectivity index (χ1n) is 5.53. The van der Waals surface area contributed by atoms with Gasteiger partial charge in [0.05, 0.1) is 0 Å². The fourth-order valence-corrected chi connectivity index (χ4v) is 3.57. The molecule has 2 unspecified atom stereocenters. The lowest BCUT2D eigenvalue weighted by atomic mass is 9.75. The van der Waals surface area contributed by atoms with E-state index in [1.54, 1.807) is 0 Å². The van der Waals surface area contributed by atoms with Gasteiger partial charge in [0.2, 0.25) is 0 Å². The number of aliphatic hydroxyl groups excluding tert-OH is 1. The number of hydrogen-bond acceptors (Lipinski definition) is 3. The summed E-state index contributed by atoms with van der Waals surface area (Å²) in [5.74, 6) is 1.05. The number of nitrogens with two attached hydrogens (primary N) is 1. The van der Waals surface area contributed by atoms with Crippen LogP contribution in [0.15, 0.2) is 0 Å². The zero-order valence-corrected chi connectivity index (χ0v) is 10.1. The van der Waals surface area contributed by atoms with Gasteiger partial charge in [-0.15, -0.1) is 0 Å². The molecule has 1 aliphatic rings. The summed E-state index contributed by atoms with van der Waals surface area (Å²) >= 11 is 1.95. The molecule has 14 heavy (non-hydrogen) atoms. The molecule has 0 radical (unpaired) electrons.